The van der Waals surface area contributed by atoms with Gasteiger partial charge in [-0.3, -0.25) is 9.97 Å². The van der Waals surface area contributed by atoms with Crippen molar-refractivity contribution in [3.05, 3.63) is 36.2 Å². The van der Waals surface area contributed by atoms with Crippen LogP contribution in [0, 0.1) is 0 Å². The van der Waals surface area contributed by atoms with Gasteiger partial charge >= 0.3 is 0 Å². The predicted octanol–water partition coefficient (Wildman–Crippen LogP) is 2.71. The molecule has 0 aliphatic heterocycles. The molecule has 4 heteroatoms. The van der Waals surface area contributed by atoms with Gasteiger partial charge in [0.1, 0.15) is 0 Å². The van der Waals surface area contributed by atoms with Crippen molar-refractivity contribution in [2.45, 2.75) is 26.3 Å². The van der Waals surface area contributed by atoms with Crippen molar-refractivity contribution < 1.29 is 4.74 Å². The van der Waals surface area contributed by atoms with Gasteiger partial charge in [0.2, 0.25) is 0 Å². The molecule has 1 aromatic heterocycles. The highest BCUT2D eigenvalue weighted by molar-refractivity contribution is 5.78. The van der Waals surface area contributed by atoms with E-state index < -0.39 is 0 Å². The van der Waals surface area contributed by atoms with Crippen molar-refractivity contribution in [2.75, 3.05) is 19.8 Å². The van der Waals surface area contributed by atoms with Gasteiger partial charge in [-0.05, 0) is 31.5 Å². The summed E-state index contributed by atoms with van der Waals surface area (Å²) in [4.78, 5) is 8.81. The van der Waals surface area contributed by atoms with Crippen molar-refractivity contribution in [1.29, 1.82) is 0 Å². The molecule has 4 nitrogen and oxygen atoms in total. The fourth-order valence-electron chi connectivity index (χ4n) is 2.11. The van der Waals surface area contributed by atoms with Crippen LogP contribution in [-0.4, -0.2) is 29.7 Å². The lowest BCUT2D eigenvalue weighted by Crippen LogP contribution is -2.26. The molecule has 0 radical (unpaired) electrons. The number of rotatable bonds is 7. The standard InChI is InChI=1S/C15H21N3O/c1-3-8-16-14(11-19-4-2)12-6-5-7-13-15(12)18-10-9-17-13/h5-7,9-10,14,16H,3-4,8,11H2,1-2H3. The third kappa shape index (κ3) is 3.49. The van der Waals surface area contributed by atoms with Gasteiger partial charge in [-0.1, -0.05) is 19.1 Å². The van der Waals surface area contributed by atoms with Gasteiger partial charge in [0, 0.05) is 19.0 Å². The molecule has 0 saturated heterocycles. The van der Waals surface area contributed by atoms with Crippen molar-refractivity contribution in [2.24, 2.45) is 0 Å². The van der Waals surface area contributed by atoms with Crippen LogP contribution in [0.2, 0.25) is 0 Å². The molecule has 2 rings (SSSR count). The molecule has 1 atom stereocenters. The van der Waals surface area contributed by atoms with Gasteiger partial charge < -0.3 is 10.1 Å². The zero-order chi connectivity index (χ0) is 13.5. The van der Waals surface area contributed by atoms with Crippen LogP contribution in [0.15, 0.2) is 30.6 Å². The minimum absolute atomic E-state index is 0.167. The smallest absolute Gasteiger partial charge is 0.0935 e. The van der Waals surface area contributed by atoms with E-state index in [0.29, 0.717) is 6.61 Å². The SMILES string of the molecule is CCCNC(COCC)c1cccc2nccnc12. The molecule has 0 fully saturated rings. The summed E-state index contributed by atoms with van der Waals surface area (Å²) in [5, 5.41) is 3.52. The molecule has 2 aromatic rings. The normalized spacial score (nSPS) is 12.7. The summed E-state index contributed by atoms with van der Waals surface area (Å²) >= 11 is 0. The minimum atomic E-state index is 0.167. The lowest BCUT2D eigenvalue weighted by molar-refractivity contribution is 0.123. The second-order valence-electron chi connectivity index (χ2n) is 4.44. The van der Waals surface area contributed by atoms with Crippen molar-refractivity contribution >= 4 is 11.0 Å². The molecule has 19 heavy (non-hydrogen) atoms. The number of benzene rings is 1. The summed E-state index contributed by atoms with van der Waals surface area (Å²) < 4.78 is 5.59. The Kier molecular flexibility index (Phi) is 5.24. The second kappa shape index (κ2) is 7.16. The molecule has 0 saturated carbocycles. The maximum Gasteiger partial charge on any atom is 0.0935 e. The molecule has 0 aliphatic carbocycles. The minimum Gasteiger partial charge on any atom is -0.380 e. The lowest BCUT2D eigenvalue weighted by Gasteiger charge is -2.19. The van der Waals surface area contributed by atoms with E-state index in [9.17, 15) is 0 Å². The van der Waals surface area contributed by atoms with E-state index >= 15 is 0 Å². The van der Waals surface area contributed by atoms with E-state index in [2.05, 4.69) is 28.3 Å². The Bertz CT molecular complexity index is 502. The third-order valence-electron chi connectivity index (χ3n) is 3.03. The van der Waals surface area contributed by atoms with Crippen molar-refractivity contribution in [1.82, 2.24) is 15.3 Å². The van der Waals surface area contributed by atoms with Gasteiger partial charge in [0.05, 0.1) is 23.7 Å². The molecule has 102 valence electrons. The first-order valence-corrected chi connectivity index (χ1v) is 6.87. The van der Waals surface area contributed by atoms with Gasteiger partial charge in [-0.2, -0.15) is 0 Å². The molecule has 1 heterocycles. The van der Waals surface area contributed by atoms with Crippen LogP contribution in [0.1, 0.15) is 31.9 Å². The molecule has 0 bridgehead atoms. The maximum absolute atomic E-state index is 5.59. The molecule has 1 unspecified atom stereocenters. The van der Waals surface area contributed by atoms with Crippen LogP contribution in [0.4, 0.5) is 0 Å². The van der Waals surface area contributed by atoms with Gasteiger partial charge in [-0.25, -0.2) is 0 Å². The first kappa shape index (κ1) is 13.9. The summed E-state index contributed by atoms with van der Waals surface area (Å²) in [5.74, 6) is 0. The molecule has 1 aromatic carbocycles. The monoisotopic (exact) mass is 259 g/mol. The lowest BCUT2D eigenvalue weighted by atomic mass is 10.1. The Morgan fingerprint density at radius 3 is 2.84 bits per heavy atom. The molecule has 0 amide bonds. The first-order valence-electron chi connectivity index (χ1n) is 6.87. The van der Waals surface area contributed by atoms with Crippen LogP contribution < -0.4 is 5.32 Å². The predicted molar refractivity (Wildman–Crippen MR) is 77.1 cm³/mol. The van der Waals surface area contributed by atoms with E-state index in [4.69, 9.17) is 4.74 Å². The third-order valence-corrected chi connectivity index (χ3v) is 3.03. The number of hydrogen-bond acceptors (Lipinski definition) is 4. The highest BCUT2D eigenvalue weighted by atomic mass is 16.5. The van der Waals surface area contributed by atoms with E-state index in [1.54, 1.807) is 12.4 Å². The summed E-state index contributed by atoms with van der Waals surface area (Å²) in [5.41, 5.74) is 3.05. The number of para-hydroxylation sites is 1. The van der Waals surface area contributed by atoms with Crippen LogP contribution >= 0.6 is 0 Å². The fourth-order valence-corrected chi connectivity index (χ4v) is 2.11. The quantitative estimate of drug-likeness (QED) is 0.830. The van der Waals surface area contributed by atoms with Crippen LogP contribution in [0.3, 0.4) is 0 Å². The second-order valence-corrected chi connectivity index (χ2v) is 4.44. The average Bonchev–Trinajstić information content (AvgIpc) is 2.47. The van der Waals surface area contributed by atoms with E-state index in [1.807, 2.05) is 19.1 Å². The molecule has 1 N–H and O–H groups in total. The average molecular weight is 259 g/mol. The molecular weight excluding hydrogens is 238 g/mol. The first-order chi connectivity index (χ1) is 9.36. The highest BCUT2D eigenvalue weighted by Gasteiger charge is 2.14. The van der Waals surface area contributed by atoms with Crippen LogP contribution in [-0.2, 0) is 4.74 Å². The summed E-state index contributed by atoms with van der Waals surface area (Å²) in [6.07, 6.45) is 4.56. The summed E-state index contributed by atoms with van der Waals surface area (Å²) in [6.45, 7) is 6.52. The number of nitrogens with one attached hydrogen (secondary N) is 1. The maximum atomic E-state index is 5.59. The Labute approximate surface area is 114 Å². The number of aromatic nitrogens is 2. The molecule has 0 aliphatic rings. The molecule has 0 spiro atoms. The van der Waals surface area contributed by atoms with Crippen molar-refractivity contribution in [3.63, 3.8) is 0 Å². The Hall–Kier alpha value is -1.52. The number of ether oxygens (including phenoxy) is 1. The van der Waals surface area contributed by atoms with Gasteiger partial charge in [-0.15, -0.1) is 0 Å². The molecular formula is C15H21N3O. The Balaban J connectivity index is 2.31. The zero-order valence-corrected chi connectivity index (χ0v) is 11.6. The van der Waals surface area contributed by atoms with E-state index in [-0.39, 0.29) is 6.04 Å². The number of nitrogens with zero attached hydrogens (tertiary/aromatic N) is 2. The van der Waals surface area contributed by atoms with E-state index in [0.717, 1.165) is 36.2 Å². The highest BCUT2D eigenvalue weighted by Crippen LogP contribution is 2.21. The van der Waals surface area contributed by atoms with Gasteiger partial charge in [0.15, 0.2) is 0 Å². The summed E-state index contributed by atoms with van der Waals surface area (Å²) in [7, 11) is 0. The number of fused-ring (bicyclic) bond motifs is 1. The summed E-state index contributed by atoms with van der Waals surface area (Å²) in [6, 6.07) is 6.28. The van der Waals surface area contributed by atoms with E-state index in [1.165, 1.54) is 0 Å². The van der Waals surface area contributed by atoms with Crippen LogP contribution in [0.5, 0.6) is 0 Å². The number of hydrogen-bond donors (Lipinski definition) is 1. The fraction of sp³-hybridized carbons (Fsp3) is 0.467. The largest absolute Gasteiger partial charge is 0.380 e. The Morgan fingerprint density at radius 1 is 1.21 bits per heavy atom. The topological polar surface area (TPSA) is 47.0 Å². The van der Waals surface area contributed by atoms with Gasteiger partial charge in [0.25, 0.3) is 0 Å². The Morgan fingerprint density at radius 2 is 2.05 bits per heavy atom. The zero-order valence-electron chi connectivity index (χ0n) is 11.6. The van der Waals surface area contributed by atoms with Crippen LogP contribution in [0.25, 0.3) is 11.0 Å². The van der Waals surface area contributed by atoms with Crippen molar-refractivity contribution in [3.8, 4) is 0 Å².